The summed E-state index contributed by atoms with van der Waals surface area (Å²) >= 11 is 0. The fourth-order valence-corrected chi connectivity index (χ4v) is 3.50. The van der Waals surface area contributed by atoms with E-state index < -0.39 is 18.2 Å². The van der Waals surface area contributed by atoms with Gasteiger partial charge in [-0.2, -0.15) is 0 Å². The first kappa shape index (κ1) is 24.3. The second-order valence-corrected chi connectivity index (χ2v) is 7.93. The molecule has 4 atom stereocenters. The van der Waals surface area contributed by atoms with Crippen LogP contribution in [0, 0.1) is 11.8 Å². The van der Waals surface area contributed by atoms with Gasteiger partial charge >= 0.3 is 5.97 Å². The summed E-state index contributed by atoms with van der Waals surface area (Å²) < 4.78 is 0. The largest absolute Gasteiger partial charge is 0.481 e. The third-order valence-electron chi connectivity index (χ3n) is 5.11. The first-order valence-electron chi connectivity index (χ1n) is 10.4. The molecule has 0 aromatic heterocycles. The maximum atomic E-state index is 12.2. The molecule has 0 aliphatic heterocycles. The number of allylic oxidation sites excluding steroid dienone is 4. The standard InChI is InChI=1S/C23H36O5/c1-17(2)10-6-5-7-11-18(24)14-15-20-19(21(25)16-22(20)26)12-8-3-4-9-13-23(27)28/h3,8,10,14-15,18-20,22,24,26H,4-7,9,11-13,16H2,1-2H3,(H,27,28)/b8-3-,15-14+/t18-,19+,20+,22+/m0/s1. The van der Waals surface area contributed by atoms with E-state index in [1.54, 1.807) is 12.2 Å². The van der Waals surface area contributed by atoms with Crippen LogP contribution in [0.5, 0.6) is 0 Å². The summed E-state index contributed by atoms with van der Waals surface area (Å²) in [5.41, 5.74) is 1.31. The van der Waals surface area contributed by atoms with Gasteiger partial charge < -0.3 is 15.3 Å². The Balaban J connectivity index is 2.43. The molecule has 1 saturated carbocycles. The van der Waals surface area contributed by atoms with Crippen molar-refractivity contribution in [3.05, 3.63) is 36.0 Å². The highest BCUT2D eigenvalue weighted by molar-refractivity contribution is 5.84. The molecule has 0 amide bonds. The number of rotatable bonds is 13. The van der Waals surface area contributed by atoms with Crippen molar-refractivity contribution in [1.82, 2.24) is 0 Å². The molecule has 0 radical (unpaired) electrons. The number of aliphatic carboxylic acids is 1. The van der Waals surface area contributed by atoms with Gasteiger partial charge in [-0.15, -0.1) is 0 Å². The number of unbranched alkanes of at least 4 members (excludes halogenated alkanes) is 3. The molecule has 0 bridgehead atoms. The van der Waals surface area contributed by atoms with E-state index in [4.69, 9.17) is 5.11 Å². The summed E-state index contributed by atoms with van der Waals surface area (Å²) in [7, 11) is 0. The number of Topliss-reactive ketones (excluding diaryl/α,β-unsaturated/α-hetero) is 1. The van der Waals surface area contributed by atoms with E-state index in [0.717, 1.165) is 19.3 Å². The third-order valence-corrected chi connectivity index (χ3v) is 5.11. The van der Waals surface area contributed by atoms with Gasteiger partial charge in [0.15, 0.2) is 0 Å². The van der Waals surface area contributed by atoms with Crippen molar-refractivity contribution in [2.45, 2.75) is 83.8 Å². The highest BCUT2D eigenvalue weighted by Crippen LogP contribution is 2.33. The second kappa shape index (κ2) is 13.5. The van der Waals surface area contributed by atoms with Gasteiger partial charge in [-0.25, -0.2) is 0 Å². The second-order valence-electron chi connectivity index (χ2n) is 7.93. The SMILES string of the molecule is CC(C)=CCCCC[C@H](O)/C=C/[C@H]1[C@H](O)CC(=O)[C@@H]1C/C=C\CCCC(=O)O. The normalized spacial score (nSPS) is 23.6. The van der Waals surface area contributed by atoms with Crippen LogP contribution in [-0.2, 0) is 9.59 Å². The van der Waals surface area contributed by atoms with Crippen molar-refractivity contribution in [3.63, 3.8) is 0 Å². The number of hydrogen-bond donors (Lipinski definition) is 3. The third kappa shape index (κ3) is 10.00. The topological polar surface area (TPSA) is 94.8 Å². The first-order chi connectivity index (χ1) is 13.3. The van der Waals surface area contributed by atoms with Crippen LogP contribution < -0.4 is 0 Å². The van der Waals surface area contributed by atoms with E-state index in [-0.39, 0.29) is 30.5 Å². The van der Waals surface area contributed by atoms with Crippen molar-refractivity contribution in [2.24, 2.45) is 11.8 Å². The molecule has 0 spiro atoms. The Bertz CT molecular complexity index is 572. The molecule has 1 aliphatic rings. The highest BCUT2D eigenvalue weighted by atomic mass is 16.4. The first-order valence-corrected chi connectivity index (χ1v) is 10.4. The Morgan fingerprint density at radius 2 is 1.93 bits per heavy atom. The Morgan fingerprint density at radius 3 is 2.61 bits per heavy atom. The van der Waals surface area contributed by atoms with Gasteiger partial charge in [0.05, 0.1) is 12.2 Å². The van der Waals surface area contributed by atoms with E-state index in [0.29, 0.717) is 25.7 Å². The Hall–Kier alpha value is -1.72. The lowest BCUT2D eigenvalue weighted by Gasteiger charge is -2.16. The monoisotopic (exact) mass is 392 g/mol. The lowest BCUT2D eigenvalue weighted by molar-refractivity contribution is -0.137. The molecule has 5 heteroatoms. The molecule has 1 fully saturated rings. The molecule has 1 aliphatic carbocycles. The van der Waals surface area contributed by atoms with E-state index in [9.17, 15) is 19.8 Å². The Kier molecular flexibility index (Phi) is 11.7. The predicted molar refractivity (Wildman–Crippen MR) is 111 cm³/mol. The van der Waals surface area contributed by atoms with Crippen LogP contribution in [0.1, 0.15) is 71.6 Å². The van der Waals surface area contributed by atoms with Crippen LogP contribution in [-0.4, -0.2) is 39.3 Å². The fourth-order valence-electron chi connectivity index (χ4n) is 3.50. The minimum Gasteiger partial charge on any atom is -0.481 e. The van der Waals surface area contributed by atoms with Crippen LogP contribution in [0.15, 0.2) is 36.0 Å². The summed E-state index contributed by atoms with van der Waals surface area (Å²) in [5.74, 6) is -1.29. The molecule has 28 heavy (non-hydrogen) atoms. The number of carboxylic acids is 1. The summed E-state index contributed by atoms with van der Waals surface area (Å²) in [6.45, 7) is 4.15. The smallest absolute Gasteiger partial charge is 0.303 e. The number of aliphatic hydroxyl groups excluding tert-OH is 2. The zero-order valence-electron chi connectivity index (χ0n) is 17.2. The fraction of sp³-hybridized carbons (Fsp3) is 0.652. The number of hydrogen-bond acceptors (Lipinski definition) is 4. The maximum Gasteiger partial charge on any atom is 0.303 e. The molecule has 158 valence electrons. The van der Waals surface area contributed by atoms with E-state index >= 15 is 0 Å². The van der Waals surface area contributed by atoms with Crippen LogP contribution in [0.2, 0.25) is 0 Å². The highest BCUT2D eigenvalue weighted by Gasteiger charge is 2.39. The van der Waals surface area contributed by atoms with Crippen molar-refractivity contribution < 1.29 is 24.9 Å². The zero-order valence-corrected chi connectivity index (χ0v) is 17.2. The van der Waals surface area contributed by atoms with Gasteiger partial charge in [0, 0.05) is 24.7 Å². The number of ketones is 1. The van der Waals surface area contributed by atoms with Crippen LogP contribution in [0.3, 0.4) is 0 Å². The molecule has 3 N–H and O–H groups in total. The average molecular weight is 393 g/mol. The summed E-state index contributed by atoms with van der Waals surface area (Å²) in [5, 5.41) is 29.0. The molecular weight excluding hydrogens is 356 g/mol. The molecule has 0 unspecified atom stereocenters. The maximum absolute atomic E-state index is 12.2. The quantitative estimate of drug-likeness (QED) is 0.323. The van der Waals surface area contributed by atoms with Gasteiger partial charge in [0.2, 0.25) is 0 Å². The van der Waals surface area contributed by atoms with Crippen molar-refractivity contribution in [1.29, 1.82) is 0 Å². The van der Waals surface area contributed by atoms with Crippen LogP contribution in [0.25, 0.3) is 0 Å². The molecule has 0 aromatic carbocycles. The molecule has 0 saturated heterocycles. The van der Waals surface area contributed by atoms with Crippen molar-refractivity contribution in [2.75, 3.05) is 0 Å². The van der Waals surface area contributed by atoms with E-state index in [1.165, 1.54) is 5.57 Å². The summed E-state index contributed by atoms with van der Waals surface area (Å²) in [4.78, 5) is 22.7. The van der Waals surface area contributed by atoms with Gasteiger partial charge in [0.1, 0.15) is 5.78 Å². The van der Waals surface area contributed by atoms with Crippen molar-refractivity contribution >= 4 is 11.8 Å². The molecule has 0 heterocycles. The molecular formula is C23H36O5. The lowest BCUT2D eigenvalue weighted by atomic mass is 9.90. The Labute approximate surface area is 168 Å². The molecule has 5 nitrogen and oxygen atoms in total. The number of carbonyl (C=O) groups is 2. The van der Waals surface area contributed by atoms with E-state index in [1.807, 2.05) is 12.2 Å². The summed E-state index contributed by atoms with van der Waals surface area (Å²) in [6.07, 6.45) is 14.0. The number of carboxylic acid groups (broad SMARTS) is 1. The molecule has 0 aromatic rings. The number of aliphatic hydroxyl groups is 2. The van der Waals surface area contributed by atoms with Crippen LogP contribution in [0.4, 0.5) is 0 Å². The molecule has 1 rings (SSSR count). The average Bonchev–Trinajstić information content (AvgIpc) is 2.88. The lowest BCUT2D eigenvalue weighted by Crippen LogP contribution is -2.18. The van der Waals surface area contributed by atoms with E-state index in [2.05, 4.69) is 19.9 Å². The van der Waals surface area contributed by atoms with Gasteiger partial charge in [0.25, 0.3) is 0 Å². The zero-order chi connectivity index (χ0) is 20.9. The minimum atomic E-state index is -0.803. The van der Waals surface area contributed by atoms with Gasteiger partial charge in [-0.3, -0.25) is 9.59 Å². The van der Waals surface area contributed by atoms with Gasteiger partial charge in [-0.1, -0.05) is 42.4 Å². The number of carbonyl (C=O) groups excluding carboxylic acids is 1. The minimum absolute atomic E-state index is 0.0496. The summed E-state index contributed by atoms with van der Waals surface area (Å²) in [6, 6.07) is 0. The Morgan fingerprint density at radius 1 is 1.18 bits per heavy atom. The van der Waals surface area contributed by atoms with Crippen LogP contribution >= 0.6 is 0 Å². The van der Waals surface area contributed by atoms with Gasteiger partial charge in [-0.05, 0) is 52.4 Å². The van der Waals surface area contributed by atoms with Crippen molar-refractivity contribution in [3.8, 4) is 0 Å². The predicted octanol–water partition coefficient (Wildman–Crippen LogP) is 4.20.